The second-order valence-electron chi connectivity index (χ2n) is 3.84. The van der Waals surface area contributed by atoms with Crippen LogP contribution in [-0.4, -0.2) is 31.3 Å². The molecule has 3 aromatic rings. The molecule has 16 heavy (non-hydrogen) atoms. The molecule has 5 nitrogen and oxygen atoms in total. The van der Waals surface area contributed by atoms with Crippen LogP contribution >= 0.6 is 0 Å². The van der Waals surface area contributed by atoms with Crippen molar-refractivity contribution in [2.45, 2.75) is 13.3 Å². The van der Waals surface area contributed by atoms with Gasteiger partial charge in [-0.3, -0.25) is 4.40 Å². The molecule has 5 heteroatoms. The number of hydrogen-bond donors (Lipinski definition) is 2. The number of aliphatic hydroxyl groups is 1. The Morgan fingerprint density at radius 1 is 1.38 bits per heavy atom. The fourth-order valence-corrected chi connectivity index (χ4v) is 2.03. The monoisotopic (exact) mass is 216 g/mol. The Bertz CT molecular complexity index is 652. The maximum atomic E-state index is 8.92. The van der Waals surface area contributed by atoms with Crippen molar-refractivity contribution in [1.82, 2.24) is 19.6 Å². The number of aliphatic hydroxyl groups excluding tert-OH is 1. The highest BCUT2D eigenvalue weighted by Crippen LogP contribution is 2.18. The summed E-state index contributed by atoms with van der Waals surface area (Å²) in [5, 5.41) is 17.0. The molecule has 0 fully saturated rings. The molecular formula is C11H12N4O. The third-order valence-electron chi connectivity index (χ3n) is 2.75. The SMILES string of the molecule is Cc1nnc2ccc3[nH]c(CCO)cc3n12. The van der Waals surface area contributed by atoms with Gasteiger partial charge in [-0.05, 0) is 25.1 Å². The van der Waals surface area contributed by atoms with Gasteiger partial charge >= 0.3 is 0 Å². The number of fused-ring (bicyclic) bond motifs is 3. The third-order valence-corrected chi connectivity index (χ3v) is 2.75. The van der Waals surface area contributed by atoms with E-state index in [9.17, 15) is 0 Å². The molecule has 0 amide bonds. The number of aryl methyl sites for hydroxylation is 1. The Balaban J connectivity index is 2.35. The number of H-pyrrole nitrogens is 1. The maximum absolute atomic E-state index is 8.92. The van der Waals surface area contributed by atoms with Crippen molar-refractivity contribution in [3.8, 4) is 0 Å². The number of nitrogens with zero attached hydrogens (tertiary/aromatic N) is 3. The molecule has 3 aromatic heterocycles. The van der Waals surface area contributed by atoms with Crippen LogP contribution in [0.1, 0.15) is 11.5 Å². The zero-order valence-electron chi connectivity index (χ0n) is 8.94. The summed E-state index contributed by atoms with van der Waals surface area (Å²) < 4.78 is 2.01. The van der Waals surface area contributed by atoms with E-state index in [0.717, 1.165) is 28.2 Å². The fourth-order valence-electron chi connectivity index (χ4n) is 2.03. The molecule has 82 valence electrons. The van der Waals surface area contributed by atoms with Crippen LogP contribution < -0.4 is 0 Å². The molecule has 0 radical (unpaired) electrons. The van der Waals surface area contributed by atoms with Gasteiger partial charge in [0.25, 0.3) is 0 Å². The second kappa shape index (κ2) is 3.31. The number of aromatic amines is 1. The molecule has 2 N–H and O–H groups in total. The van der Waals surface area contributed by atoms with Crippen LogP contribution in [0, 0.1) is 6.92 Å². The van der Waals surface area contributed by atoms with Gasteiger partial charge in [-0.1, -0.05) is 0 Å². The first kappa shape index (κ1) is 9.35. The number of nitrogens with one attached hydrogen (secondary N) is 1. The lowest BCUT2D eigenvalue weighted by molar-refractivity contribution is 0.298. The van der Waals surface area contributed by atoms with Crippen molar-refractivity contribution in [2.24, 2.45) is 0 Å². The summed E-state index contributed by atoms with van der Waals surface area (Å²) >= 11 is 0. The molecule has 0 aromatic carbocycles. The fraction of sp³-hybridized carbons (Fsp3) is 0.273. The molecule has 0 spiro atoms. The molecule has 0 aliphatic heterocycles. The zero-order chi connectivity index (χ0) is 11.1. The predicted octanol–water partition coefficient (Wildman–Crippen LogP) is 1.05. The van der Waals surface area contributed by atoms with E-state index >= 15 is 0 Å². The highest BCUT2D eigenvalue weighted by atomic mass is 16.3. The van der Waals surface area contributed by atoms with Gasteiger partial charge in [0.1, 0.15) is 5.82 Å². The van der Waals surface area contributed by atoms with E-state index in [1.54, 1.807) is 0 Å². The molecule has 0 bridgehead atoms. The predicted molar refractivity (Wildman–Crippen MR) is 60.4 cm³/mol. The van der Waals surface area contributed by atoms with Gasteiger partial charge < -0.3 is 10.1 Å². The molecule has 0 atom stereocenters. The molecule has 3 heterocycles. The molecule has 0 saturated heterocycles. The molecule has 0 aliphatic rings. The first-order valence-electron chi connectivity index (χ1n) is 5.23. The van der Waals surface area contributed by atoms with E-state index < -0.39 is 0 Å². The first-order chi connectivity index (χ1) is 7.79. The summed E-state index contributed by atoms with van der Waals surface area (Å²) in [5.74, 6) is 0.871. The summed E-state index contributed by atoms with van der Waals surface area (Å²) in [6.07, 6.45) is 0.636. The van der Waals surface area contributed by atoms with Gasteiger partial charge in [0, 0.05) is 18.7 Å². The van der Waals surface area contributed by atoms with Gasteiger partial charge in [-0.15, -0.1) is 10.2 Å². The van der Waals surface area contributed by atoms with Crippen LogP contribution in [-0.2, 0) is 6.42 Å². The summed E-state index contributed by atoms with van der Waals surface area (Å²) in [7, 11) is 0. The standard InChI is InChI=1S/C11H12N4O/c1-7-13-14-11-3-2-9-10(15(7)11)6-8(12-9)4-5-16/h2-3,6,12,16H,4-5H2,1H3. The smallest absolute Gasteiger partial charge is 0.161 e. The lowest BCUT2D eigenvalue weighted by Crippen LogP contribution is -1.89. The van der Waals surface area contributed by atoms with E-state index in [1.165, 1.54) is 0 Å². The minimum absolute atomic E-state index is 0.150. The van der Waals surface area contributed by atoms with Crippen molar-refractivity contribution in [3.63, 3.8) is 0 Å². The van der Waals surface area contributed by atoms with Crippen molar-refractivity contribution >= 4 is 16.7 Å². The van der Waals surface area contributed by atoms with Gasteiger partial charge in [0.2, 0.25) is 0 Å². The van der Waals surface area contributed by atoms with Crippen LogP contribution in [0.4, 0.5) is 0 Å². The lowest BCUT2D eigenvalue weighted by Gasteiger charge is -1.96. The van der Waals surface area contributed by atoms with E-state index in [1.807, 2.05) is 29.5 Å². The van der Waals surface area contributed by atoms with Gasteiger partial charge in [-0.2, -0.15) is 0 Å². The Morgan fingerprint density at radius 3 is 3.06 bits per heavy atom. The summed E-state index contributed by atoms with van der Waals surface area (Å²) in [4.78, 5) is 3.27. The lowest BCUT2D eigenvalue weighted by atomic mass is 10.3. The third kappa shape index (κ3) is 1.22. The van der Waals surface area contributed by atoms with E-state index in [4.69, 9.17) is 5.11 Å². The van der Waals surface area contributed by atoms with E-state index in [-0.39, 0.29) is 6.61 Å². The highest BCUT2D eigenvalue weighted by Gasteiger charge is 2.07. The molecule has 0 aliphatic carbocycles. The average Bonchev–Trinajstić information content (AvgIpc) is 2.82. The number of rotatable bonds is 2. The summed E-state index contributed by atoms with van der Waals surface area (Å²) in [6.45, 7) is 2.08. The molecule has 3 rings (SSSR count). The largest absolute Gasteiger partial charge is 0.396 e. The zero-order valence-corrected chi connectivity index (χ0v) is 8.94. The normalized spacial score (nSPS) is 11.6. The van der Waals surface area contributed by atoms with Crippen LogP contribution in [0.5, 0.6) is 0 Å². The number of pyridine rings is 1. The van der Waals surface area contributed by atoms with Crippen molar-refractivity contribution in [2.75, 3.05) is 6.61 Å². The topological polar surface area (TPSA) is 66.2 Å². The summed E-state index contributed by atoms with van der Waals surface area (Å²) in [5.41, 5.74) is 3.97. The maximum Gasteiger partial charge on any atom is 0.161 e. The molecule has 0 unspecified atom stereocenters. The summed E-state index contributed by atoms with van der Waals surface area (Å²) in [6, 6.07) is 5.95. The Labute approximate surface area is 91.7 Å². The van der Waals surface area contributed by atoms with E-state index in [0.29, 0.717) is 6.42 Å². The van der Waals surface area contributed by atoms with Crippen molar-refractivity contribution < 1.29 is 5.11 Å². The molecule has 0 saturated carbocycles. The quantitative estimate of drug-likeness (QED) is 0.673. The van der Waals surface area contributed by atoms with Crippen LogP contribution in [0.25, 0.3) is 16.7 Å². The van der Waals surface area contributed by atoms with Crippen LogP contribution in [0.2, 0.25) is 0 Å². The Hall–Kier alpha value is -1.88. The van der Waals surface area contributed by atoms with Gasteiger partial charge in [-0.25, -0.2) is 0 Å². The number of aromatic nitrogens is 4. The van der Waals surface area contributed by atoms with Crippen molar-refractivity contribution in [3.05, 3.63) is 29.7 Å². The van der Waals surface area contributed by atoms with Crippen LogP contribution in [0.3, 0.4) is 0 Å². The van der Waals surface area contributed by atoms with E-state index in [2.05, 4.69) is 15.2 Å². The first-order valence-corrected chi connectivity index (χ1v) is 5.23. The van der Waals surface area contributed by atoms with Crippen molar-refractivity contribution in [1.29, 1.82) is 0 Å². The second-order valence-corrected chi connectivity index (χ2v) is 3.84. The van der Waals surface area contributed by atoms with Gasteiger partial charge in [0.15, 0.2) is 5.65 Å². The molecular weight excluding hydrogens is 204 g/mol. The number of hydrogen-bond acceptors (Lipinski definition) is 3. The van der Waals surface area contributed by atoms with Crippen LogP contribution in [0.15, 0.2) is 18.2 Å². The average molecular weight is 216 g/mol. The Kier molecular flexibility index (Phi) is 1.94. The van der Waals surface area contributed by atoms with Gasteiger partial charge in [0.05, 0.1) is 11.0 Å². The minimum atomic E-state index is 0.150. The highest BCUT2D eigenvalue weighted by molar-refractivity contribution is 5.80. The Morgan fingerprint density at radius 2 is 2.25 bits per heavy atom. The minimum Gasteiger partial charge on any atom is -0.396 e.